The van der Waals surface area contributed by atoms with Crippen LogP contribution in [0.5, 0.6) is 0 Å². The van der Waals surface area contributed by atoms with Crippen LogP contribution in [0.3, 0.4) is 0 Å². The van der Waals surface area contributed by atoms with E-state index in [0.29, 0.717) is 11.4 Å². The van der Waals surface area contributed by atoms with Crippen molar-refractivity contribution in [2.24, 2.45) is 11.7 Å². The third-order valence-electron chi connectivity index (χ3n) is 4.99. The van der Waals surface area contributed by atoms with Gasteiger partial charge in [-0.25, -0.2) is 14.8 Å². The van der Waals surface area contributed by atoms with Crippen molar-refractivity contribution in [3.63, 3.8) is 0 Å². The Bertz CT molecular complexity index is 950. The number of aliphatic carboxylic acids is 1. The lowest BCUT2D eigenvalue weighted by Crippen LogP contribution is -2.59. The molecule has 8 N–H and O–H groups in total. The number of carbonyl (C=O) groups excluding carboxylic acids is 3. The Morgan fingerprint density at radius 2 is 1.50 bits per heavy atom. The Hall–Kier alpha value is -3.39. The summed E-state index contributed by atoms with van der Waals surface area (Å²) < 4.78 is 0. The number of aromatic nitrogens is 4. The number of nitrogens with zero attached hydrogens (tertiary/aromatic N) is 2. The van der Waals surface area contributed by atoms with Gasteiger partial charge in [0.25, 0.3) is 0 Å². The number of carboxylic acids is 1. The van der Waals surface area contributed by atoms with Crippen molar-refractivity contribution in [1.29, 1.82) is 0 Å². The first-order valence-electron chi connectivity index (χ1n) is 10.6. The molecule has 186 valence electrons. The van der Waals surface area contributed by atoms with Crippen LogP contribution >= 0.6 is 12.6 Å². The van der Waals surface area contributed by atoms with Crippen LogP contribution in [0.2, 0.25) is 0 Å². The van der Waals surface area contributed by atoms with Gasteiger partial charge in [-0.3, -0.25) is 14.4 Å². The maximum absolute atomic E-state index is 13.1. The fourth-order valence-electron chi connectivity index (χ4n) is 3.07. The monoisotopic (exact) mass is 494 g/mol. The number of imidazole rings is 2. The quantitative estimate of drug-likeness (QED) is 0.151. The third kappa shape index (κ3) is 7.88. The SMILES string of the molecule is CC(C)C(NC(=O)C(Cc1cnc[nH]1)NC(=O)C(N)Cc1cnc[nH]1)C(=O)NC(CS)C(=O)O. The average Bonchev–Trinajstić information content (AvgIpc) is 3.48. The lowest BCUT2D eigenvalue weighted by molar-refractivity contribution is -0.142. The van der Waals surface area contributed by atoms with E-state index >= 15 is 0 Å². The minimum Gasteiger partial charge on any atom is -0.480 e. The van der Waals surface area contributed by atoms with Gasteiger partial charge in [0.15, 0.2) is 0 Å². The number of nitrogens with two attached hydrogens (primary N) is 1. The minimum atomic E-state index is -1.24. The Morgan fingerprint density at radius 1 is 0.941 bits per heavy atom. The Kier molecular flexibility index (Phi) is 10.1. The van der Waals surface area contributed by atoms with Gasteiger partial charge in [-0.15, -0.1) is 0 Å². The number of thiol groups is 1. The van der Waals surface area contributed by atoms with Gasteiger partial charge in [0.1, 0.15) is 18.1 Å². The molecule has 2 heterocycles. The number of nitrogens with one attached hydrogen (secondary N) is 5. The number of H-pyrrole nitrogens is 2. The highest BCUT2D eigenvalue weighted by atomic mass is 32.1. The third-order valence-corrected chi connectivity index (χ3v) is 5.35. The summed E-state index contributed by atoms with van der Waals surface area (Å²) in [5, 5.41) is 16.8. The summed E-state index contributed by atoms with van der Waals surface area (Å²) in [5.74, 6) is -3.61. The van der Waals surface area contributed by atoms with E-state index in [2.05, 4.69) is 48.5 Å². The van der Waals surface area contributed by atoms with Crippen molar-refractivity contribution in [2.45, 2.75) is 50.9 Å². The van der Waals surface area contributed by atoms with E-state index in [1.54, 1.807) is 20.0 Å². The van der Waals surface area contributed by atoms with E-state index in [1.807, 2.05) is 0 Å². The van der Waals surface area contributed by atoms with Gasteiger partial charge >= 0.3 is 5.97 Å². The lowest BCUT2D eigenvalue weighted by atomic mass is 10.0. The molecule has 0 bridgehead atoms. The molecule has 0 aliphatic carbocycles. The summed E-state index contributed by atoms with van der Waals surface area (Å²) in [6, 6.07) is -4.28. The van der Waals surface area contributed by atoms with E-state index in [4.69, 9.17) is 5.73 Å². The van der Waals surface area contributed by atoms with E-state index < -0.39 is 47.9 Å². The van der Waals surface area contributed by atoms with E-state index in [-0.39, 0.29) is 24.5 Å². The van der Waals surface area contributed by atoms with E-state index in [9.17, 15) is 24.3 Å². The average molecular weight is 495 g/mol. The highest BCUT2D eigenvalue weighted by Crippen LogP contribution is 2.07. The van der Waals surface area contributed by atoms with Gasteiger partial charge < -0.3 is 36.8 Å². The molecule has 0 saturated carbocycles. The molecule has 13 nitrogen and oxygen atoms in total. The fraction of sp³-hybridized carbons (Fsp3) is 0.500. The van der Waals surface area contributed by atoms with Crippen LogP contribution in [0.4, 0.5) is 0 Å². The molecule has 2 rings (SSSR count). The van der Waals surface area contributed by atoms with Gasteiger partial charge in [0.2, 0.25) is 17.7 Å². The van der Waals surface area contributed by atoms with Crippen molar-refractivity contribution < 1.29 is 24.3 Å². The van der Waals surface area contributed by atoms with Crippen molar-refractivity contribution in [3.8, 4) is 0 Å². The lowest BCUT2D eigenvalue weighted by Gasteiger charge is -2.26. The Morgan fingerprint density at radius 3 is 1.97 bits per heavy atom. The van der Waals surface area contributed by atoms with Gasteiger partial charge in [-0.2, -0.15) is 12.6 Å². The van der Waals surface area contributed by atoms with Crippen LogP contribution in [0.15, 0.2) is 25.0 Å². The van der Waals surface area contributed by atoms with E-state index in [0.717, 1.165) is 0 Å². The highest BCUT2D eigenvalue weighted by Gasteiger charge is 2.32. The molecule has 4 atom stereocenters. The summed E-state index contributed by atoms with van der Waals surface area (Å²) in [5.41, 5.74) is 7.22. The molecular formula is C20H30N8O5S. The number of carboxylic acid groups (broad SMARTS) is 1. The molecule has 0 fully saturated rings. The molecule has 0 aromatic carbocycles. The number of amides is 3. The van der Waals surface area contributed by atoms with Crippen LogP contribution in [0.25, 0.3) is 0 Å². The largest absolute Gasteiger partial charge is 0.480 e. The molecule has 0 saturated heterocycles. The minimum absolute atomic E-state index is 0.0647. The summed E-state index contributed by atoms with van der Waals surface area (Å²) >= 11 is 3.93. The van der Waals surface area contributed by atoms with Crippen LogP contribution in [0, 0.1) is 5.92 Å². The van der Waals surface area contributed by atoms with Crippen molar-refractivity contribution in [3.05, 3.63) is 36.4 Å². The predicted octanol–water partition coefficient (Wildman–Crippen LogP) is -1.63. The molecule has 3 amide bonds. The number of aromatic amines is 2. The fourth-order valence-corrected chi connectivity index (χ4v) is 3.31. The Balaban J connectivity index is 2.13. The van der Waals surface area contributed by atoms with E-state index in [1.165, 1.54) is 18.9 Å². The summed E-state index contributed by atoms with van der Waals surface area (Å²) in [6.45, 7) is 3.40. The van der Waals surface area contributed by atoms with Crippen LogP contribution in [-0.4, -0.2) is 78.7 Å². The van der Waals surface area contributed by atoms with Gasteiger partial charge in [0.05, 0.1) is 18.7 Å². The molecule has 14 heteroatoms. The van der Waals surface area contributed by atoms with Crippen LogP contribution in [0.1, 0.15) is 25.2 Å². The second-order valence-electron chi connectivity index (χ2n) is 8.04. The first-order valence-corrected chi connectivity index (χ1v) is 11.2. The zero-order valence-electron chi connectivity index (χ0n) is 18.8. The predicted molar refractivity (Wildman–Crippen MR) is 125 cm³/mol. The number of rotatable bonds is 13. The van der Waals surface area contributed by atoms with Crippen molar-refractivity contribution >= 4 is 36.3 Å². The molecule has 0 radical (unpaired) electrons. The summed E-state index contributed by atoms with van der Waals surface area (Å²) in [6.07, 6.45) is 6.20. The van der Waals surface area contributed by atoms with Crippen molar-refractivity contribution in [2.75, 3.05) is 5.75 Å². The summed E-state index contributed by atoms with van der Waals surface area (Å²) in [4.78, 5) is 63.3. The smallest absolute Gasteiger partial charge is 0.327 e. The maximum atomic E-state index is 13.1. The second kappa shape index (κ2) is 12.7. The summed E-state index contributed by atoms with van der Waals surface area (Å²) in [7, 11) is 0. The molecule has 0 aliphatic heterocycles. The van der Waals surface area contributed by atoms with Gasteiger partial charge in [-0.05, 0) is 5.92 Å². The van der Waals surface area contributed by atoms with Gasteiger partial charge in [-0.1, -0.05) is 13.8 Å². The zero-order valence-corrected chi connectivity index (χ0v) is 19.7. The normalized spacial score (nSPS) is 14.6. The first kappa shape index (κ1) is 26.9. The second-order valence-corrected chi connectivity index (χ2v) is 8.41. The van der Waals surface area contributed by atoms with Crippen LogP contribution < -0.4 is 21.7 Å². The maximum Gasteiger partial charge on any atom is 0.327 e. The van der Waals surface area contributed by atoms with Gasteiger partial charge in [0, 0.05) is 42.4 Å². The topological polar surface area (TPSA) is 208 Å². The molecule has 4 unspecified atom stereocenters. The zero-order chi connectivity index (χ0) is 25.3. The molecule has 0 spiro atoms. The van der Waals surface area contributed by atoms with Crippen molar-refractivity contribution in [1.82, 2.24) is 35.9 Å². The highest BCUT2D eigenvalue weighted by molar-refractivity contribution is 7.80. The Labute approximate surface area is 201 Å². The molecule has 2 aromatic rings. The molecular weight excluding hydrogens is 464 g/mol. The number of hydrogen-bond acceptors (Lipinski definition) is 8. The van der Waals surface area contributed by atoms with Crippen LogP contribution in [-0.2, 0) is 32.0 Å². The first-order chi connectivity index (χ1) is 16.1. The standard InChI is InChI=1S/C20H30N8O5S/c1-10(2)16(19(31)27-15(7-34)20(32)33)28-18(30)14(4-12-6-23-9-25-12)26-17(29)13(21)3-11-5-22-8-24-11/h5-6,8-10,13-16,34H,3-4,7,21H2,1-2H3,(H,22,24)(H,23,25)(H,26,29)(H,27,31)(H,28,30)(H,32,33). The molecule has 2 aromatic heterocycles. The molecule has 0 aliphatic rings. The number of carbonyl (C=O) groups is 4. The molecule has 34 heavy (non-hydrogen) atoms. The number of hydrogen-bond donors (Lipinski definition) is 8.